The van der Waals surface area contributed by atoms with E-state index >= 15 is 0 Å². The van der Waals surface area contributed by atoms with Crippen LogP contribution in [0.3, 0.4) is 0 Å². The predicted octanol–water partition coefficient (Wildman–Crippen LogP) is 11.9. The lowest BCUT2D eigenvalue weighted by Crippen LogP contribution is -2.02. The third-order valence-electron chi connectivity index (χ3n) is 7.20. The summed E-state index contributed by atoms with van der Waals surface area (Å²) < 4.78 is 49.2. The summed E-state index contributed by atoms with van der Waals surface area (Å²) in [4.78, 5) is 8.38. The lowest BCUT2D eigenvalue weighted by Gasteiger charge is -2.02. The molecule has 0 fully saturated rings. The summed E-state index contributed by atoms with van der Waals surface area (Å²) in [6.45, 7) is 4.46. The summed E-state index contributed by atoms with van der Waals surface area (Å²) in [6.07, 6.45) is 13.6. The zero-order chi connectivity index (χ0) is 36.1. The Hall–Kier alpha value is -3.74. The Balaban J connectivity index is 0.000000209. The van der Waals surface area contributed by atoms with Crippen molar-refractivity contribution in [1.82, 2.24) is 9.97 Å². The molecule has 0 spiro atoms. The lowest BCUT2D eigenvalue weighted by molar-refractivity contribution is 0.437. The normalized spacial score (nSPS) is 9.92. The van der Waals surface area contributed by atoms with Crippen molar-refractivity contribution in [3.05, 3.63) is 161 Å². The molecule has 2 heterocycles. The highest BCUT2D eigenvalue weighted by molar-refractivity contribution is 14.1. The molecule has 5 rings (SSSR count). The van der Waals surface area contributed by atoms with Crippen molar-refractivity contribution in [3.8, 4) is 23.7 Å². The number of hydrogen-bond acceptors (Lipinski definition) is 2. The number of rotatable bonds is 8. The van der Waals surface area contributed by atoms with Crippen molar-refractivity contribution in [2.45, 2.75) is 65.2 Å². The first-order chi connectivity index (χ1) is 24.2. The number of pyridine rings is 2. The van der Waals surface area contributed by atoms with Crippen LogP contribution in [0.5, 0.6) is 0 Å². The SMILES string of the molecule is CCCCCc1ccc(C#Cc2ccccn2)cc1.CCCCCc1ccc(C#Cc2ccccn2)cc1.Fc1c(F)c(I)c(F)c(F)c1I. The Bertz CT molecular complexity index is 1660. The number of aromatic nitrogens is 2. The van der Waals surface area contributed by atoms with Gasteiger partial charge in [0.2, 0.25) is 0 Å². The average molecular weight is 901 g/mol. The van der Waals surface area contributed by atoms with Gasteiger partial charge in [-0.1, -0.05) is 87.8 Å². The zero-order valence-corrected chi connectivity index (χ0v) is 32.4. The predicted molar refractivity (Wildman–Crippen MR) is 211 cm³/mol. The van der Waals surface area contributed by atoms with Gasteiger partial charge in [-0.25, -0.2) is 27.5 Å². The van der Waals surface area contributed by atoms with Gasteiger partial charge in [0.05, 0.1) is 7.14 Å². The van der Waals surface area contributed by atoms with Crippen LogP contribution in [0.2, 0.25) is 0 Å². The van der Waals surface area contributed by atoms with E-state index in [-0.39, 0.29) is 0 Å². The van der Waals surface area contributed by atoms with Crippen LogP contribution in [0.4, 0.5) is 17.6 Å². The molecule has 2 aromatic heterocycles. The number of nitrogens with zero attached hydrogens (tertiary/aromatic N) is 2. The van der Waals surface area contributed by atoms with E-state index in [0.717, 1.165) is 22.5 Å². The molecule has 258 valence electrons. The number of benzene rings is 3. The Labute approximate surface area is 320 Å². The second kappa shape index (κ2) is 22.9. The summed E-state index contributed by atoms with van der Waals surface area (Å²) in [5.74, 6) is 7.04. The van der Waals surface area contributed by atoms with Gasteiger partial charge in [-0.15, -0.1) is 0 Å². The van der Waals surface area contributed by atoms with Gasteiger partial charge in [-0.05, 0) is 142 Å². The van der Waals surface area contributed by atoms with Gasteiger partial charge in [0.15, 0.2) is 23.3 Å². The maximum absolute atomic E-state index is 12.6. The maximum Gasteiger partial charge on any atom is 0.176 e. The van der Waals surface area contributed by atoms with Crippen molar-refractivity contribution >= 4 is 45.2 Å². The molecule has 0 aliphatic heterocycles. The average Bonchev–Trinajstić information content (AvgIpc) is 3.16. The Morgan fingerprint density at radius 1 is 0.480 bits per heavy atom. The molecular formula is C42H38F4I2N2. The largest absolute Gasteiger partial charge is 0.248 e. The summed E-state index contributed by atoms with van der Waals surface area (Å²) >= 11 is 2.41. The van der Waals surface area contributed by atoms with Gasteiger partial charge >= 0.3 is 0 Å². The van der Waals surface area contributed by atoms with Crippen LogP contribution in [-0.4, -0.2) is 9.97 Å². The van der Waals surface area contributed by atoms with Gasteiger partial charge in [0.25, 0.3) is 0 Å². The molecular weight excluding hydrogens is 862 g/mol. The molecule has 50 heavy (non-hydrogen) atoms. The monoisotopic (exact) mass is 900 g/mol. The van der Waals surface area contributed by atoms with E-state index in [4.69, 9.17) is 0 Å². The highest BCUT2D eigenvalue weighted by Gasteiger charge is 2.21. The van der Waals surface area contributed by atoms with Crippen LogP contribution in [0.25, 0.3) is 0 Å². The van der Waals surface area contributed by atoms with E-state index in [0.29, 0.717) is 0 Å². The maximum atomic E-state index is 12.6. The highest BCUT2D eigenvalue weighted by atomic mass is 127. The van der Waals surface area contributed by atoms with Crippen molar-refractivity contribution in [2.75, 3.05) is 0 Å². The first-order valence-electron chi connectivity index (χ1n) is 16.4. The Morgan fingerprint density at radius 3 is 1.14 bits per heavy atom. The molecule has 5 aromatic rings. The van der Waals surface area contributed by atoms with E-state index in [1.807, 2.05) is 36.4 Å². The van der Waals surface area contributed by atoms with Gasteiger partial charge in [-0.2, -0.15) is 0 Å². The van der Waals surface area contributed by atoms with Crippen LogP contribution in [0, 0.1) is 54.1 Å². The second-order valence-corrected chi connectivity index (χ2v) is 13.3. The first kappa shape index (κ1) is 40.7. The number of unbranched alkanes of at least 4 members (excludes halogenated alkanes) is 4. The number of halogens is 6. The summed E-state index contributed by atoms with van der Waals surface area (Å²) in [7, 11) is 0. The van der Waals surface area contributed by atoms with E-state index in [1.165, 1.54) is 108 Å². The van der Waals surface area contributed by atoms with E-state index in [9.17, 15) is 17.6 Å². The Morgan fingerprint density at radius 2 is 0.840 bits per heavy atom. The molecule has 0 aliphatic carbocycles. The zero-order valence-electron chi connectivity index (χ0n) is 28.1. The summed E-state index contributed by atoms with van der Waals surface area (Å²) in [6, 6.07) is 28.6. The Kier molecular flexibility index (Phi) is 18.6. The third kappa shape index (κ3) is 14.2. The van der Waals surface area contributed by atoms with Crippen LogP contribution in [0.15, 0.2) is 97.3 Å². The van der Waals surface area contributed by atoms with E-state index < -0.39 is 30.4 Å². The molecule has 2 nitrogen and oxygen atoms in total. The van der Waals surface area contributed by atoms with Gasteiger partial charge < -0.3 is 0 Å². The third-order valence-corrected chi connectivity index (χ3v) is 9.10. The van der Waals surface area contributed by atoms with Crippen molar-refractivity contribution in [2.24, 2.45) is 0 Å². The minimum absolute atomic E-state index is 0.664. The molecule has 0 saturated heterocycles. The van der Waals surface area contributed by atoms with Crippen molar-refractivity contribution < 1.29 is 17.6 Å². The molecule has 0 bridgehead atoms. The molecule has 0 unspecified atom stereocenters. The fourth-order valence-corrected chi connectivity index (χ4v) is 5.34. The molecule has 0 aliphatic rings. The topological polar surface area (TPSA) is 25.8 Å². The van der Waals surface area contributed by atoms with E-state index in [2.05, 4.69) is 96.0 Å². The second-order valence-electron chi connectivity index (χ2n) is 11.1. The van der Waals surface area contributed by atoms with Crippen molar-refractivity contribution in [3.63, 3.8) is 0 Å². The number of hydrogen-bond donors (Lipinski definition) is 0. The van der Waals surface area contributed by atoms with Crippen LogP contribution < -0.4 is 0 Å². The number of aryl methyl sites for hydroxylation is 2. The summed E-state index contributed by atoms with van der Waals surface area (Å²) in [5.41, 5.74) is 6.52. The van der Waals surface area contributed by atoms with Crippen LogP contribution in [-0.2, 0) is 12.8 Å². The van der Waals surface area contributed by atoms with Crippen LogP contribution in [0.1, 0.15) is 86.0 Å². The van der Waals surface area contributed by atoms with E-state index in [1.54, 1.807) is 12.4 Å². The van der Waals surface area contributed by atoms with Gasteiger partial charge in [0, 0.05) is 23.5 Å². The molecule has 0 saturated carbocycles. The smallest absolute Gasteiger partial charge is 0.176 e. The summed E-state index contributed by atoms with van der Waals surface area (Å²) in [5, 5.41) is 0. The van der Waals surface area contributed by atoms with Gasteiger partial charge in [0.1, 0.15) is 11.4 Å². The lowest BCUT2D eigenvalue weighted by atomic mass is 10.1. The fourth-order valence-electron chi connectivity index (χ4n) is 4.39. The molecule has 0 N–H and O–H groups in total. The first-order valence-corrected chi connectivity index (χ1v) is 18.6. The molecule has 0 atom stereocenters. The molecule has 0 amide bonds. The molecule has 0 radical (unpaired) electrons. The fraction of sp³-hybridized carbons (Fsp3) is 0.238. The minimum atomic E-state index is -1.35. The highest BCUT2D eigenvalue weighted by Crippen LogP contribution is 2.26. The minimum Gasteiger partial charge on any atom is -0.248 e. The van der Waals surface area contributed by atoms with Crippen LogP contribution >= 0.6 is 45.2 Å². The standard InChI is InChI=1S/2C18H19N.C6F4I2/c2*1-2-3-4-7-16-9-11-17(12-10-16)13-14-18-8-5-6-15-19-18;7-1-2(8)6(12)4(10)3(9)5(1)11/h2*5-6,8-12,15H,2-4,7H2,1H3;. The molecule has 3 aromatic carbocycles. The molecule has 8 heteroatoms. The van der Waals surface area contributed by atoms with Crippen molar-refractivity contribution in [1.29, 1.82) is 0 Å². The van der Waals surface area contributed by atoms with Gasteiger partial charge in [-0.3, -0.25) is 0 Å². The quantitative estimate of drug-likeness (QED) is 0.0387.